The van der Waals surface area contributed by atoms with Crippen molar-refractivity contribution in [2.75, 3.05) is 6.54 Å². The third-order valence-electron chi connectivity index (χ3n) is 3.76. The molecular formula is C16H15N3. The van der Waals surface area contributed by atoms with Crippen molar-refractivity contribution in [2.45, 2.75) is 12.5 Å². The lowest BCUT2D eigenvalue weighted by Gasteiger charge is -2.24. The average Bonchev–Trinajstić information content (AvgIpc) is 2.86. The third-order valence-corrected chi connectivity index (χ3v) is 3.76. The number of pyridine rings is 1. The van der Waals surface area contributed by atoms with Crippen LogP contribution in [0.1, 0.15) is 23.0 Å². The van der Waals surface area contributed by atoms with E-state index < -0.39 is 0 Å². The zero-order valence-electron chi connectivity index (χ0n) is 10.6. The van der Waals surface area contributed by atoms with Gasteiger partial charge in [0.2, 0.25) is 0 Å². The lowest BCUT2D eigenvalue weighted by Crippen LogP contribution is -2.31. The van der Waals surface area contributed by atoms with Crippen molar-refractivity contribution in [3.63, 3.8) is 0 Å². The normalized spacial score (nSPS) is 18.4. The summed E-state index contributed by atoms with van der Waals surface area (Å²) in [7, 11) is 0. The Labute approximate surface area is 111 Å². The van der Waals surface area contributed by atoms with E-state index in [-0.39, 0.29) is 6.04 Å². The van der Waals surface area contributed by atoms with Crippen LogP contribution in [0.3, 0.4) is 0 Å². The molecule has 1 aliphatic heterocycles. The SMILES string of the molecule is c1ccc(C2NCCc3nc4ccccn4c32)cc1. The number of nitrogens with zero attached hydrogens (tertiary/aromatic N) is 2. The van der Waals surface area contributed by atoms with Crippen molar-refractivity contribution < 1.29 is 0 Å². The van der Waals surface area contributed by atoms with Crippen molar-refractivity contribution in [3.8, 4) is 0 Å². The predicted octanol–water partition coefficient (Wildman–Crippen LogP) is 2.57. The molecule has 1 atom stereocenters. The maximum absolute atomic E-state index is 4.75. The second-order valence-electron chi connectivity index (χ2n) is 4.92. The largest absolute Gasteiger partial charge is 0.305 e. The summed E-state index contributed by atoms with van der Waals surface area (Å²) < 4.78 is 2.21. The van der Waals surface area contributed by atoms with Gasteiger partial charge in [0.25, 0.3) is 0 Å². The van der Waals surface area contributed by atoms with E-state index in [9.17, 15) is 0 Å². The van der Waals surface area contributed by atoms with Crippen LogP contribution in [0.2, 0.25) is 0 Å². The van der Waals surface area contributed by atoms with Crippen LogP contribution in [0.15, 0.2) is 54.7 Å². The molecule has 1 aromatic carbocycles. The second kappa shape index (κ2) is 4.21. The zero-order valence-corrected chi connectivity index (χ0v) is 10.6. The Balaban J connectivity index is 1.95. The molecule has 1 N–H and O–H groups in total. The highest BCUT2D eigenvalue weighted by Crippen LogP contribution is 2.29. The van der Waals surface area contributed by atoms with Crippen LogP contribution in [0.4, 0.5) is 0 Å². The molecule has 0 saturated carbocycles. The monoisotopic (exact) mass is 249 g/mol. The summed E-state index contributed by atoms with van der Waals surface area (Å²) in [5.41, 5.74) is 4.85. The second-order valence-corrected chi connectivity index (χ2v) is 4.92. The number of rotatable bonds is 1. The van der Waals surface area contributed by atoms with Gasteiger partial charge in [-0.3, -0.25) is 0 Å². The van der Waals surface area contributed by atoms with Crippen molar-refractivity contribution in [1.29, 1.82) is 0 Å². The minimum absolute atomic E-state index is 0.238. The number of hydrogen-bond donors (Lipinski definition) is 1. The van der Waals surface area contributed by atoms with Gasteiger partial charge in [0.05, 0.1) is 17.4 Å². The van der Waals surface area contributed by atoms with Gasteiger partial charge in [-0.25, -0.2) is 4.98 Å². The smallest absolute Gasteiger partial charge is 0.137 e. The van der Waals surface area contributed by atoms with Crippen molar-refractivity contribution >= 4 is 5.65 Å². The predicted molar refractivity (Wildman–Crippen MR) is 75.2 cm³/mol. The highest BCUT2D eigenvalue weighted by atomic mass is 15.1. The number of fused-ring (bicyclic) bond motifs is 3. The molecular weight excluding hydrogens is 234 g/mol. The standard InChI is InChI=1S/C16H15N3/c1-2-6-12(7-3-1)15-16-13(9-10-17-15)18-14-8-4-5-11-19(14)16/h1-8,11,15,17H,9-10H2. The van der Waals surface area contributed by atoms with Crippen LogP contribution in [0.5, 0.6) is 0 Å². The molecule has 3 heteroatoms. The highest BCUT2D eigenvalue weighted by Gasteiger charge is 2.25. The topological polar surface area (TPSA) is 29.3 Å². The quantitative estimate of drug-likeness (QED) is 0.718. The Morgan fingerprint density at radius 1 is 1.05 bits per heavy atom. The summed E-state index contributed by atoms with van der Waals surface area (Å²) in [4.78, 5) is 4.75. The van der Waals surface area contributed by atoms with E-state index >= 15 is 0 Å². The minimum atomic E-state index is 0.238. The Hall–Kier alpha value is -2.13. The first-order valence-electron chi connectivity index (χ1n) is 6.68. The minimum Gasteiger partial charge on any atom is -0.305 e. The Morgan fingerprint density at radius 2 is 1.89 bits per heavy atom. The summed E-state index contributed by atoms with van der Waals surface area (Å²) in [5, 5.41) is 3.61. The summed E-state index contributed by atoms with van der Waals surface area (Å²) in [6.07, 6.45) is 3.10. The summed E-state index contributed by atoms with van der Waals surface area (Å²) in [6, 6.07) is 17.0. The third kappa shape index (κ3) is 1.66. The highest BCUT2D eigenvalue weighted by molar-refractivity contribution is 5.47. The average molecular weight is 249 g/mol. The molecule has 0 saturated heterocycles. The lowest BCUT2D eigenvalue weighted by molar-refractivity contribution is 0.547. The Morgan fingerprint density at radius 3 is 2.79 bits per heavy atom. The van der Waals surface area contributed by atoms with E-state index in [1.165, 1.54) is 17.0 Å². The molecule has 0 spiro atoms. The summed E-state index contributed by atoms with van der Waals surface area (Å²) >= 11 is 0. The molecule has 0 amide bonds. The molecule has 1 aliphatic rings. The fourth-order valence-corrected chi connectivity index (χ4v) is 2.91. The molecule has 0 aliphatic carbocycles. The van der Waals surface area contributed by atoms with E-state index in [0.717, 1.165) is 18.6 Å². The van der Waals surface area contributed by atoms with Gasteiger partial charge >= 0.3 is 0 Å². The first-order chi connectivity index (χ1) is 9.43. The van der Waals surface area contributed by atoms with Crippen LogP contribution in [-0.4, -0.2) is 15.9 Å². The van der Waals surface area contributed by atoms with E-state index in [1.54, 1.807) is 0 Å². The fraction of sp³-hybridized carbons (Fsp3) is 0.188. The number of hydrogen-bond acceptors (Lipinski definition) is 2. The van der Waals surface area contributed by atoms with E-state index in [0.29, 0.717) is 0 Å². The van der Waals surface area contributed by atoms with Gasteiger partial charge in [0.15, 0.2) is 0 Å². The lowest BCUT2D eigenvalue weighted by atomic mass is 9.98. The van der Waals surface area contributed by atoms with Crippen LogP contribution in [-0.2, 0) is 6.42 Å². The van der Waals surface area contributed by atoms with Gasteiger partial charge < -0.3 is 9.72 Å². The molecule has 19 heavy (non-hydrogen) atoms. The van der Waals surface area contributed by atoms with Crippen LogP contribution in [0, 0.1) is 0 Å². The van der Waals surface area contributed by atoms with Crippen LogP contribution >= 0.6 is 0 Å². The van der Waals surface area contributed by atoms with E-state index in [1.807, 2.05) is 6.07 Å². The maximum Gasteiger partial charge on any atom is 0.137 e. The first-order valence-corrected chi connectivity index (χ1v) is 6.68. The number of nitrogens with one attached hydrogen (secondary N) is 1. The molecule has 94 valence electrons. The Bertz CT molecular complexity index is 715. The number of imidazole rings is 1. The molecule has 3 nitrogen and oxygen atoms in total. The van der Waals surface area contributed by atoms with Crippen molar-refractivity contribution in [2.24, 2.45) is 0 Å². The van der Waals surface area contributed by atoms with Gasteiger partial charge in [0.1, 0.15) is 5.65 Å². The molecule has 3 aromatic rings. The zero-order chi connectivity index (χ0) is 12.7. The van der Waals surface area contributed by atoms with Crippen LogP contribution < -0.4 is 5.32 Å². The van der Waals surface area contributed by atoms with Crippen molar-refractivity contribution in [1.82, 2.24) is 14.7 Å². The molecule has 2 aromatic heterocycles. The van der Waals surface area contributed by atoms with Gasteiger partial charge in [0, 0.05) is 19.2 Å². The van der Waals surface area contributed by atoms with Gasteiger partial charge in [-0.1, -0.05) is 36.4 Å². The van der Waals surface area contributed by atoms with E-state index in [4.69, 9.17) is 4.98 Å². The molecule has 0 bridgehead atoms. The van der Waals surface area contributed by atoms with E-state index in [2.05, 4.69) is 58.4 Å². The first kappa shape index (κ1) is 10.8. The molecule has 1 unspecified atom stereocenters. The maximum atomic E-state index is 4.75. The number of benzene rings is 1. The van der Waals surface area contributed by atoms with Gasteiger partial charge in [-0.05, 0) is 17.7 Å². The molecule has 0 fully saturated rings. The Kier molecular flexibility index (Phi) is 2.38. The molecule has 4 rings (SSSR count). The summed E-state index contributed by atoms with van der Waals surface area (Å²) in [5.74, 6) is 0. The fourth-order valence-electron chi connectivity index (χ4n) is 2.91. The molecule has 3 heterocycles. The molecule has 0 radical (unpaired) electrons. The van der Waals surface area contributed by atoms with Gasteiger partial charge in [-0.15, -0.1) is 0 Å². The number of aromatic nitrogens is 2. The summed E-state index contributed by atoms with van der Waals surface area (Å²) in [6.45, 7) is 0.983. The van der Waals surface area contributed by atoms with Crippen LogP contribution in [0.25, 0.3) is 5.65 Å². The van der Waals surface area contributed by atoms with Gasteiger partial charge in [-0.2, -0.15) is 0 Å². The van der Waals surface area contributed by atoms with Crippen molar-refractivity contribution in [3.05, 3.63) is 71.7 Å².